The van der Waals surface area contributed by atoms with E-state index < -0.39 is 38.2 Å². The smallest absolute Gasteiger partial charge is 0.406 e. The van der Waals surface area contributed by atoms with Gasteiger partial charge < -0.3 is 19.9 Å². The molecule has 33 heavy (non-hydrogen) atoms. The van der Waals surface area contributed by atoms with Crippen molar-refractivity contribution in [2.45, 2.75) is 65.2 Å². The highest BCUT2D eigenvalue weighted by Gasteiger charge is 2.52. The van der Waals surface area contributed by atoms with Crippen molar-refractivity contribution in [3.63, 3.8) is 0 Å². The van der Waals surface area contributed by atoms with Gasteiger partial charge in [-0.15, -0.1) is 0 Å². The number of ether oxygens (including phenoxy) is 3. The lowest BCUT2D eigenvalue weighted by Crippen LogP contribution is -2.42. The van der Waals surface area contributed by atoms with Crippen LogP contribution < -0.4 is 15.6 Å². The lowest BCUT2D eigenvalue weighted by molar-refractivity contribution is -0.149. The van der Waals surface area contributed by atoms with Crippen molar-refractivity contribution in [1.82, 2.24) is 24.6 Å². The van der Waals surface area contributed by atoms with Gasteiger partial charge in [-0.05, 0) is 27.7 Å². The highest BCUT2D eigenvalue weighted by Crippen LogP contribution is 2.54. The summed E-state index contributed by atoms with van der Waals surface area (Å²) >= 11 is 0. The number of carbonyl (C=O) groups excluding carboxylic acids is 1. The van der Waals surface area contributed by atoms with E-state index in [0.29, 0.717) is 17.8 Å². The van der Waals surface area contributed by atoms with E-state index in [1.807, 2.05) is 13.8 Å². The summed E-state index contributed by atoms with van der Waals surface area (Å²) in [5.74, 6) is -0.463. The van der Waals surface area contributed by atoms with Gasteiger partial charge in [0, 0.05) is 5.92 Å². The first-order chi connectivity index (χ1) is 15.6. The molecule has 0 spiro atoms. The number of aromatic nitrogens is 4. The number of nitrogen functional groups attached to an aromatic ring is 1. The van der Waals surface area contributed by atoms with Gasteiger partial charge >= 0.3 is 13.7 Å². The molecule has 3 N–H and O–H groups in total. The van der Waals surface area contributed by atoms with Gasteiger partial charge in [-0.3, -0.25) is 18.4 Å². The van der Waals surface area contributed by atoms with Gasteiger partial charge in [-0.25, -0.2) is 14.6 Å². The first kappa shape index (κ1) is 23.8. The van der Waals surface area contributed by atoms with E-state index in [1.165, 1.54) is 6.92 Å². The van der Waals surface area contributed by atoms with Crippen LogP contribution >= 0.6 is 7.75 Å². The maximum absolute atomic E-state index is 13.2. The van der Waals surface area contributed by atoms with E-state index in [9.17, 15) is 9.36 Å². The average Bonchev–Trinajstić information content (AvgIpc) is 3.28. The normalized spacial score (nSPS) is 30.4. The van der Waals surface area contributed by atoms with Gasteiger partial charge in [0.15, 0.2) is 11.2 Å². The van der Waals surface area contributed by atoms with Crippen LogP contribution in [0.4, 0.5) is 5.95 Å². The molecule has 0 unspecified atom stereocenters. The zero-order valence-electron chi connectivity index (χ0n) is 19.1. The Hall–Kier alpha value is -2.31. The summed E-state index contributed by atoms with van der Waals surface area (Å²) in [6.45, 7) is 9.17. The molecule has 0 aromatic carbocycles. The summed E-state index contributed by atoms with van der Waals surface area (Å²) in [7, 11) is -3.77. The molecule has 2 aliphatic heterocycles. The zero-order valence-corrected chi connectivity index (χ0v) is 20.0. The molecule has 2 saturated heterocycles. The molecule has 4 rings (SSSR count). The van der Waals surface area contributed by atoms with Crippen molar-refractivity contribution < 1.29 is 32.6 Å². The van der Waals surface area contributed by atoms with Crippen molar-refractivity contribution >= 4 is 30.8 Å². The number of esters is 1. The monoisotopic (exact) mass is 484 g/mol. The van der Waals surface area contributed by atoms with E-state index in [1.54, 1.807) is 24.7 Å². The van der Waals surface area contributed by atoms with Crippen LogP contribution in [-0.2, 0) is 27.9 Å². The van der Waals surface area contributed by atoms with Crippen LogP contribution in [0.1, 0.15) is 40.8 Å². The second kappa shape index (κ2) is 9.15. The Balaban J connectivity index is 1.53. The highest BCUT2D eigenvalue weighted by atomic mass is 31.2. The van der Waals surface area contributed by atoms with Crippen LogP contribution in [0.5, 0.6) is 5.88 Å². The molecule has 2 aliphatic rings. The fourth-order valence-corrected chi connectivity index (χ4v) is 5.65. The zero-order chi connectivity index (χ0) is 23.9. The number of nitrogens with zero attached hydrogens (tertiary/aromatic N) is 4. The third kappa shape index (κ3) is 4.69. The van der Waals surface area contributed by atoms with E-state index in [4.69, 9.17) is 29.0 Å². The molecule has 0 saturated carbocycles. The fourth-order valence-electron chi connectivity index (χ4n) is 3.88. The Kier molecular flexibility index (Phi) is 6.61. The average molecular weight is 484 g/mol. The summed E-state index contributed by atoms with van der Waals surface area (Å²) < 4.78 is 43.1. The number of nitrogens with one attached hydrogen (secondary N) is 1. The largest absolute Gasteiger partial charge is 0.476 e. The van der Waals surface area contributed by atoms with Crippen molar-refractivity contribution in [3.8, 4) is 5.88 Å². The summed E-state index contributed by atoms with van der Waals surface area (Å²) in [6.07, 6.45) is -0.293. The van der Waals surface area contributed by atoms with Gasteiger partial charge in [0.2, 0.25) is 11.8 Å². The summed E-state index contributed by atoms with van der Waals surface area (Å²) in [5.41, 5.74) is 6.77. The number of fused-ring (bicyclic) bond motifs is 2. The van der Waals surface area contributed by atoms with Gasteiger partial charge in [0.25, 0.3) is 0 Å². The number of rotatable bonds is 7. The molecule has 14 heteroatoms. The minimum absolute atomic E-state index is 0.0235. The molecule has 0 radical (unpaired) electrons. The molecule has 2 aromatic rings. The van der Waals surface area contributed by atoms with Crippen LogP contribution in [0.2, 0.25) is 0 Å². The van der Waals surface area contributed by atoms with Gasteiger partial charge in [-0.1, -0.05) is 6.92 Å². The second-order valence-corrected chi connectivity index (χ2v) is 9.99. The Morgan fingerprint density at radius 1 is 1.39 bits per heavy atom. The van der Waals surface area contributed by atoms with E-state index >= 15 is 0 Å². The third-order valence-corrected chi connectivity index (χ3v) is 7.05. The topological polar surface area (TPSA) is 162 Å². The number of carbonyl (C=O) groups is 1. The van der Waals surface area contributed by atoms with E-state index in [0.717, 1.165) is 0 Å². The summed E-state index contributed by atoms with van der Waals surface area (Å²) in [5, 5.41) is 2.65. The number of nitrogens with two attached hydrogens (primary N) is 1. The molecule has 0 bridgehead atoms. The molecule has 6 atom stereocenters. The minimum atomic E-state index is -3.77. The van der Waals surface area contributed by atoms with E-state index in [2.05, 4.69) is 20.0 Å². The molecule has 182 valence electrons. The maximum atomic E-state index is 13.2. The standard InChI is InChI=1S/C19H29N6O7P/c1-6-28-16-13-15(22-19(20)23-16)25(8-21-13)17-10(4)14-12(31-17)7-29-33(27,32-14)24-11(5)18(26)30-9(2)3/h8-12,14,17H,6-7H2,1-5H3,(H,24,27)(H2,20,22,23)/t10-,11+,12+,14-,17+,33+/m0/s1. The first-order valence-corrected chi connectivity index (χ1v) is 12.4. The molecule has 13 nitrogen and oxygen atoms in total. The van der Waals surface area contributed by atoms with Crippen LogP contribution in [0, 0.1) is 5.92 Å². The first-order valence-electron chi connectivity index (χ1n) is 10.8. The molecule has 2 fully saturated rings. The van der Waals surface area contributed by atoms with Crippen LogP contribution in [-0.4, -0.2) is 63.1 Å². The van der Waals surface area contributed by atoms with Gasteiger partial charge in [0.05, 0.1) is 25.6 Å². The summed E-state index contributed by atoms with van der Waals surface area (Å²) in [6, 6.07) is -0.877. The Bertz CT molecular complexity index is 1080. The molecular formula is C19H29N6O7P. The second-order valence-electron chi connectivity index (χ2n) is 8.27. The SMILES string of the molecule is CCOc1nc(N)nc2c1ncn2[C@@H]1O[C@@H]2CO[P@](=O)(N[C@H](C)C(=O)OC(C)C)O[C@H]2[C@@H]1C. The van der Waals surface area contributed by atoms with E-state index in [-0.39, 0.29) is 30.5 Å². The molecule has 0 aliphatic carbocycles. The third-order valence-electron chi connectivity index (χ3n) is 5.34. The number of imidazole rings is 1. The Morgan fingerprint density at radius 2 is 2.15 bits per heavy atom. The highest BCUT2D eigenvalue weighted by molar-refractivity contribution is 7.51. The van der Waals surface area contributed by atoms with Gasteiger partial charge in [0.1, 0.15) is 24.5 Å². The number of anilines is 1. The fraction of sp³-hybridized carbons (Fsp3) is 0.684. The van der Waals surface area contributed by atoms with Crippen molar-refractivity contribution in [3.05, 3.63) is 6.33 Å². The van der Waals surface area contributed by atoms with Crippen molar-refractivity contribution in [1.29, 1.82) is 0 Å². The predicted molar refractivity (Wildman–Crippen MR) is 116 cm³/mol. The van der Waals surface area contributed by atoms with Crippen LogP contribution in [0.25, 0.3) is 11.2 Å². The molecule has 2 aromatic heterocycles. The summed E-state index contributed by atoms with van der Waals surface area (Å²) in [4.78, 5) is 24.9. The predicted octanol–water partition coefficient (Wildman–Crippen LogP) is 1.79. The van der Waals surface area contributed by atoms with Crippen molar-refractivity contribution in [2.24, 2.45) is 5.92 Å². The minimum Gasteiger partial charge on any atom is -0.476 e. The van der Waals surface area contributed by atoms with Crippen molar-refractivity contribution in [2.75, 3.05) is 18.9 Å². The Morgan fingerprint density at radius 3 is 2.85 bits per heavy atom. The lowest BCUT2D eigenvalue weighted by atomic mass is 10.0. The van der Waals surface area contributed by atoms with Gasteiger partial charge in [-0.2, -0.15) is 9.97 Å². The maximum Gasteiger partial charge on any atom is 0.406 e. The molecular weight excluding hydrogens is 455 g/mol. The quantitative estimate of drug-likeness (QED) is 0.433. The number of hydrogen-bond acceptors (Lipinski definition) is 11. The van der Waals surface area contributed by atoms with Crippen LogP contribution in [0.15, 0.2) is 6.33 Å². The molecule has 4 heterocycles. The lowest BCUT2D eigenvalue weighted by Gasteiger charge is -2.33. The number of hydrogen-bond donors (Lipinski definition) is 2. The van der Waals surface area contributed by atoms with Crippen LogP contribution in [0.3, 0.4) is 0 Å². The Labute approximate surface area is 190 Å². The molecule has 0 amide bonds.